The van der Waals surface area contributed by atoms with Crippen molar-refractivity contribution in [1.29, 1.82) is 0 Å². The first kappa shape index (κ1) is 26.1. The fourth-order valence-corrected chi connectivity index (χ4v) is 4.17. The normalized spacial score (nSPS) is 11.7. The largest absolute Gasteiger partial charge is 0.473 e. The van der Waals surface area contributed by atoms with E-state index >= 15 is 0 Å². The minimum Gasteiger partial charge on any atom is -0.473 e. The number of hydrogen-bond acceptors (Lipinski definition) is 5. The zero-order chi connectivity index (χ0) is 27.5. The van der Waals surface area contributed by atoms with Gasteiger partial charge >= 0.3 is 0 Å². The first-order valence-electron chi connectivity index (χ1n) is 12.4. The second kappa shape index (κ2) is 11.1. The van der Waals surface area contributed by atoms with Gasteiger partial charge in [0.1, 0.15) is 17.1 Å². The molecule has 196 valence electrons. The average molecular weight is 540 g/mol. The van der Waals surface area contributed by atoms with Crippen LogP contribution in [0.25, 0.3) is 22.3 Å². The number of anilines is 1. The van der Waals surface area contributed by atoms with E-state index in [1.165, 1.54) is 0 Å². The molecule has 1 N–H and O–H groups in total. The molecule has 5 rings (SSSR count). The molecule has 1 amide bonds. The molecule has 0 saturated heterocycles. The minimum absolute atomic E-state index is 0.0551. The lowest BCUT2D eigenvalue weighted by Gasteiger charge is -2.17. The first-order valence-corrected chi connectivity index (χ1v) is 12.8. The van der Waals surface area contributed by atoms with Crippen LogP contribution in [0, 0.1) is 13.8 Å². The van der Waals surface area contributed by atoms with Gasteiger partial charge in [0, 0.05) is 16.3 Å². The van der Waals surface area contributed by atoms with Crippen LogP contribution < -0.4 is 20.2 Å². The standard InChI is InChI=1S/C32H26ClNO5/c1-19-9-11-22(12-10-19)30-31(29(35)26-18-27(33)20(2)17-28(26)39-30)37-21(3)32(36)34-23-13-15-25(16-14-23)38-24-7-5-4-6-8-24/h4-18,21H,1-3H3,(H,34,36). The number of para-hydroxylation sites is 1. The zero-order valence-corrected chi connectivity index (χ0v) is 22.4. The molecule has 0 fully saturated rings. The summed E-state index contributed by atoms with van der Waals surface area (Å²) in [6.07, 6.45) is -1.00. The smallest absolute Gasteiger partial charge is 0.265 e. The van der Waals surface area contributed by atoms with Crippen molar-refractivity contribution >= 4 is 34.2 Å². The Morgan fingerprint density at radius 3 is 2.26 bits per heavy atom. The maximum Gasteiger partial charge on any atom is 0.265 e. The van der Waals surface area contributed by atoms with Crippen molar-refractivity contribution in [1.82, 2.24) is 0 Å². The Bertz CT molecular complexity index is 1690. The van der Waals surface area contributed by atoms with Crippen LogP contribution in [-0.4, -0.2) is 12.0 Å². The van der Waals surface area contributed by atoms with Crippen LogP contribution in [0.5, 0.6) is 17.2 Å². The van der Waals surface area contributed by atoms with Crippen LogP contribution >= 0.6 is 11.6 Å². The van der Waals surface area contributed by atoms with E-state index in [1.807, 2.05) is 68.4 Å². The first-order chi connectivity index (χ1) is 18.8. The summed E-state index contributed by atoms with van der Waals surface area (Å²) >= 11 is 6.29. The number of benzene rings is 4. The lowest BCUT2D eigenvalue weighted by atomic mass is 10.1. The Morgan fingerprint density at radius 2 is 1.56 bits per heavy atom. The van der Waals surface area contributed by atoms with E-state index in [9.17, 15) is 9.59 Å². The minimum atomic E-state index is -1.00. The van der Waals surface area contributed by atoms with Crippen molar-refractivity contribution in [3.63, 3.8) is 0 Å². The number of carbonyl (C=O) groups is 1. The number of ether oxygens (including phenoxy) is 2. The van der Waals surface area contributed by atoms with E-state index in [1.54, 1.807) is 43.3 Å². The second-order valence-corrected chi connectivity index (χ2v) is 9.65. The Morgan fingerprint density at radius 1 is 0.897 bits per heavy atom. The van der Waals surface area contributed by atoms with Crippen LogP contribution in [0.1, 0.15) is 18.1 Å². The van der Waals surface area contributed by atoms with Gasteiger partial charge in [0.15, 0.2) is 11.9 Å². The molecular weight excluding hydrogens is 514 g/mol. The molecule has 1 heterocycles. The summed E-state index contributed by atoms with van der Waals surface area (Å²) in [6.45, 7) is 5.38. The monoisotopic (exact) mass is 539 g/mol. The summed E-state index contributed by atoms with van der Waals surface area (Å²) < 4.78 is 18.0. The highest BCUT2D eigenvalue weighted by Crippen LogP contribution is 2.33. The Labute approximate surface area is 230 Å². The summed E-state index contributed by atoms with van der Waals surface area (Å²) in [5.41, 5.74) is 3.03. The van der Waals surface area contributed by atoms with Crippen molar-refractivity contribution in [2.24, 2.45) is 0 Å². The second-order valence-electron chi connectivity index (χ2n) is 9.24. The Hall–Kier alpha value is -4.55. The zero-order valence-electron chi connectivity index (χ0n) is 21.7. The van der Waals surface area contributed by atoms with Crippen molar-refractivity contribution in [3.05, 3.63) is 117 Å². The van der Waals surface area contributed by atoms with Crippen LogP contribution in [0.15, 0.2) is 100 Å². The third kappa shape index (κ3) is 5.81. The van der Waals surface area contributed by atoms with Gasteiger partial charge in [-0.1, -0.05) is 59.6 Å². The highest BCUT2D eigenvalue weighted by molar-refractivity contribution is 6.32. The molecule has 4 aromatic carbocycles. The molecule has 5 aromatic rings. The predicted molar refractivity (Wildman–Crippen MR) is 154 cm³/mol. The molecule has 1 aromatic heterocycles. The van der Waals surface area contributed by atoms with Gasteiger partial charge in [-0.2, -0.15) is 0 Å². The van der Waals surface area contributed by atoms with Gasteiger partial charge in [0.05, 0.1) is 5.39 Å². The lowest BCUT2D eigenvalue weighted by molar-refractivity contribution is -0.122. The van der Waals surface area contributed by atoms with Gasteiger partial charge in [-0.3, -0.25) is 9.59 Å². The van der Waals surface area contributed by atoms with Gasteiger partial charge in [-0.05, 0) is 74.9 Å². The molecule has 0 aliphatic rings. The molecule has 1 unspecified atom stereocenters. The third-order valence-corrected chi connectivity index (χ3v) is 6.62. The molecule has 6 nitrogen and oxygen atoms in total. The fourth-order valence-electron chi connectivity index (χ4n) is 4.01. The number of hydrogen-bond donors (Lipinski definition) is 1. The maximum atomic E-state index is 13.6. The number of amides is 1. The third-order valence-electron chi connectivity index (χ3n) is 6.21. The molecule has 0 aliphatic carbocycles. The summed E-state index contributed by atoms with van der Waals surface area (Å²) in [5, 5.41) is 3.53. The maximum absolute atomic E-state index is 13.6. The molecule has 0 bridgehead atoms. The van der Waals surface area contributed by atoms with Crippen LogP contribution in [0.3, 0.4) is 0 Å². The van der Waals surface area contributed by atoms with E-state index in [4.69, 9.17) is 25.5 Å². The number of carbonyl (C=O) groups excluding carboxylic acids is 1. The number of fused-ring (bicyclic) bond motifs is 1. The number of rotatable bonds is 7. The van der Waals surface area contributed by atoms with Crippen LogP contribution in [-0.2, 0) is 4.79 Å². The molecular formula is C32H26ClNO5. The number of aryl methyl sites for hydroxylation is 2. The SMILES string of the molecule is Cc1ccc(-c2oc3cc(C)c(Cl)cc3c(=O)c2OC(C)C(=O)Nc2ccc(Oc3ccccc3)cc2)cc1. The highest BCUT2D eigenvalue weighted by Gasteiger charge is 2.23. The topological polar surface area (TPSA) is 77.8 Å². The molecule has 0 spiro atoms. The molecule has 1 atom stereocenters. The molecule has 7 heteroatoms. The van der Waals surface area contributed by atoms with Gasteiger partial charge in [0.2, 0.25) is 11.2 Å². The van der Waals surface area contributed by atoms with E-state index in [-0.39, 0.29) is 16.9 Å². The van der Waals surface area contributed by atoms with Crippen LogP contribution in [0.4, 0.5) is 5.69 Å². The summed E-state index contributed by atoms with van der Waals surface area (Å²) in [4.78, 5) is 26.6. The van der Waals surface area contributed by atoms with Gasteiger partial charge in [-0.15, -0.1) is 0 Å². The van der Waals surface area contributed by atoms with Gasteiger partial charge in [0.25, 0.3) is 5.91 Å². The lowest BCUT2D eigenvalue weighted by Crippen LogP contribution is -2.31. The molecule has 0 aliphatic heterocycles. The number of halogens is 1. The average Bonchev–Trinajstić information content (AvgIpc) is 2.93. The molecule has 0 radical (unpaired) electrons. The van der Waals surface area contributed by atoms with E-state index in [0.717, 1.165) is 11.1 Å². The van der Waals surface area contributed by atoms with Crippen molar-refractivity contribution in [3.8, 4) is 28.6 Å². The van der Waals surface area contributed by atoms with E-state index in [0.29, 0.717) is 33.4 Å². The summed E-state index contributed by atoms with van der Waals surface area (Å²) in [5.74, 6) is 1.11. The van der Waals surface area contributed by atoms with Crippen molar-refractivity contribution in [2.75, 3.05) is 5.32 Å². The molecule has 39 heavy (non-hydrogen) atoms. The van der Waals surface area contributed by atoms with Crippen LogP contribution in [0.2, 0.25) is 5.02 Å². The van der Waals surface area contributed by atoms with Crippen molar-refractivity contribution in [2.45, 2.75) is 26.9 Å². The highest BCUT2D eigenvalue weighted by atomic mass is 35.5. The van der Waals surface area contributed by atoms with Gasteiger partial charge < -0.3 is 19.2 Å². The van der Waals surface area contributed by atoms with Gasteiger partial charge in [-0.25, -0.2) is 0 Å². The van der Waals surface area contributed by atoms with Crippen molar-refractivity contribution < 1.29 is 18.7 Å². The number of nitrogens with one attached hydrogen (secondary N) is 1. The van der Waals surface area contributed by atoms with E-state index < -0.39 is 17.4 Å². The Balaban J connectivity index is 1.40. The molecule has 0 saturated carbocycles. The quantitative estimate of drug-likeness (QED) is 0.227. The summed E-state index contributed by atoms with van der Waals surface area (Å²) in [6, 6.07) is 27.2. The fraction of sp³-hybridized carbons (Fsp3) is 0.125. The van der Waals surface area contributed by atoms with E-state index in [2.05, 4.69) is 5.32 Å². The summed E-state index contributed by atoms with van der Waals surface area (Å²) in [7, 11) is 0. The predicted octanol–water partition coefficient (Wildman–Crippen LogP) is 7.93. The Kier molecular flexibility index (Phi) is 7.39.